The summed E-state index contributed by atoms with van der Waals surface area (Å²) in [5, 5.41) is 4.39. The maximum atomic E-state index is 12.5. The number of aromatic nitrogens is 2. The molecule has 0 unspecified atom stereocenters. The van der Waals surface area contributed by atoms with Crippen LogP contribution in [0.5, 0.6) is 5.75 Å². The molecule has 0 spiro atoms. The second kappa shape index (κ2) is 7.49. The van der Waals surface area contributed by atoms with Crippen molar-refractivity contribution in [2.45, 2.75) is 19.4 Å². The van der Waals surface area contributed by atoms with Crippen LogP contribution in [0.25, 0.3) is 5.69 Å². The normalized spacial score (nSPS) is 15.2. The van der Waals surface area contributed by atoms with Crippen LogP contribution in [0.2, 0.25) is 0 Å². The van der Waals surface area contributed by atoms with Gasteiger partial charge >= 0.3 is 0 Å². The Balaban J connectivity index is 1.65. The monoisotopic (exact) mass is 329 g/mol. The summed E-state index contributed by atoms with van der Waals surface area (Å²) in [7, 11) is 3.49. The number of nitrogens with zero attached hydrogens (tertiary/aromatic N) is 3. The van der Waals surface area contributed by atoms with Crippen molar-refractivity contribution in [1.29, 1.82) is 0 Å². The quantitative estimate of drug-likeness (QED) is 0.844. The molecule has 128 valence electrons. The van der Waals surface area contributed by atoms with E-state index in [1.807, 2.05) is 37.5 Å². The Morgan fingerprint density at radius 3 is 2.96 bits per heavy atom. The summed E-state index contributed by atoms with van der Waals surface area (Å²) in [6, 6.07) is 7.72. The van der Waals surface area contributed by atoms with Gasteiger partial charge in [0, 0.05) is 50.6 Å². The lowest BCUT2D eigenvalue weighted by Crippen LogP contribution is -2.35. The van der Waals surface area contributed by atoms with Crippen LogP contribution in [0.1, 0.15) is 18.4 Å². The van der Waals surface area contributed by atoms with Crippen LogP contribution in [0.4, 0.5) is 0 Å². The summed E-state index contributed by atoms with van der Waals surface area (Å²) in [4.78, 5) is 14.3. The van der Waals surface area contributed by atoms with Crippen molar-refractivity contribution >= 4 is 5.91 Å². The van der Waals surface area contributed by atoms with Crippen molar-refractivity contribution in [3.8, 4) is 11.4 Å². The predicted octanol–water partition coefficient (Wildman–Crippen LogP) is 2.27. The highest BCUT2D eigenvalue weighted by atomic mass is 16.5. The van der Waals surface area contributed by atoms with E-state index in [1.165, 1.54) is 0 Å². The van der Waals surface area contributed by atoms with Crippen molar-refractivity contribution < 1.29 is 14.3 Å². The van der Waals surface area contributed by atoms with Crippen LogP contribution in [0.3, 0.4) is 0 Å². The van der Waals surface area contributed by atoms with Gasteiger partial charge < -0.3 is 14.4 Å². The molecular formula is C18H23N3O3. The van der Waals surface area contributed by atoms with Crippen LogP contribution in [-0.2, 0) is 16.1 Å². The molecule has 3 rings (SSSR count). The third-order valence-corrected chi connectivity index (χ3v) is 4.32. The topological polar surface area (TPSA) is 56.6 Å². The number of methoxy groups -OCH3 is 1. The van der Waals surface area contributed by atoms with E-state index in [0.717, 1.165) is 29.8 Å². The minimum atomic E-state index is 0.0807. The summed E-state index contributed by atoms with van der Waals surface area (Å²) >= 11 is 0. The van der Waals surface area contributed by atoms with Gasteiger partial charge in [-0.1, -0.05) is 6.07 Å². The average Bonchev–Trinajstić information content (AvgIpc) is 3.10. The van der Waals surface area contributed by atoms with Gasteiger partial charge in [0.15, 0.2) is 0 Å². The van der Waals surface area contributed by atoms with Gasteiger partial charge in [0.05, 0.1) is 19.0 Å². The van der Waals surface area contributed by atoms with E-state index in [0.29, 0.717) is 19.8 Å². The molecule has 1 aliphatic rings. The molecule has 1 amide bonds. The Labute approximate surface area is 142 Å². The summed E-state index contributed by atoms with van der Waals surface area (Å²) in [6.07, 6.45) is 5.37. The summed E-state index contributed by atoms with van der Waals surface area (Å²) < 4.78 is 12.4. The van der Waals surface area contributed by atoms with Gasteiger partial charge in [0.2, 0.25) is 5.91 Å². The fraction of sp³-hybridized carbons (Fsp3) is 0.444. The molecule has 6 heteroatoms. The van der Waals surface area contributed by atoms with E-state index in [-0.39, 0.29) is 11.8 Å². The fourth-order valence-corrected chi connectivity index (χ4v) is 2.94. The zero-order valence-corrected chi connectivity index (χ0v) is 14.1. The Kier molecular flexibility index (Phi) is 5.15. The van der Waals surface area contributed by atoms with Gasteiger partial charge in [-0.3, -0.25) is 4.79 Å². The van der Waals surface area contributed by atoms with Crippen molar-refractivity contribution in [2.75, 3.05) is 27.4 Å². The minimum Gasteiger partial charge on any atom is -0.497 e. The molecule has 1 aromatic carbocycles. The molecule has 0 radical (unpaired) electrons. The van der Waals surface area contributed by atoms with E-state index in [9.17, 15) is 4.79 Å². The lowest BCUT2D eigenvalue weighted by Gasteiger charge is -2.26. The molecule has 2 heterocycles. The molecule has 0 N–H and O–H groups in total. The second-order valence-electron chi connectivity index (χ2n) is 6.08. The largest absolute Gasteiger partial charge is 0.497 e. The van der Waals surface area contributed by atoms with Crippen LogP contribution in [0.15, 0.2) is 36.7 Å². The number of hydrogen-bond donors (Lipinski definition) is 0. The van der Waals surface area contributed by atoms with Crippen LogP contribution < -0.4 is 4.74 Å². The van der Waals surface area contributed by atoms with Crippen LogP contribution in [0, 0.1) is 5.92 Å². The van der Waals surface area contributed by atoms with E-state index in [2.05, 4.69) is 5.10 Å². The first kappa shape index (κ1) is 16.5. The van der Waals surface area contributed by atoms with Gasteiger partial charge in [0.1, 0.15) is 5.75 Å². The molecule has 0 aliphatic carbocycles. The van der Waals surface area contributed by atoms with Crippen molar-refractivity contribution in [3.05, 3.63) is 42.2 Å². The van der Waals surface area contributed by atoms with Crippen molar-refractivity contribution in [2.24, 2.45) is 5.92 Å². The standard InChI is InChI=1S/C18H23N3O3/c1-20(18(22)15-6-8-24-9-7-15)12-14-11-19-21(13-14)16-4-3-5-17(10-16)23-2/h3-5,10-11,13,15H,6-9,12H2,1-2H3. The highest BCUT2D eigenvalue weighted by Gasteiger charge is 2.24. The third-order valence-electron chi connectivity index (χ3n) is 4.32. The lowest BCUT2D eigenvalue weighted by molar-refractivity contribution is -0.137. The summed E-state index contributed by atoms with van der Waals surface area (Å²) in [5.41, 5.74) is 1.93. The maximum absolute atomic E-state index is 12.5. The van der Waals surface area contributed by atoms with Crippen molar-refractivity contribution in [1.82, 2.24) is 14.7 Å². The summed E-state index contributed by atoms with van der Waals surface area (Å²) in [6.45, 7) is 1.91. The summed E-state index contributed by atoms with van der Waals surface area (Å²) in [5.74, 6) is 1.06. The average molecular weight is 329 g/mol. The number of carbonyl (C=O) groups is 1. The number of ether oxygens (including phenoxy) is 2. The molecule has 1 aliphatic heterocycles. The van der Waals surface area contributed by atoms with Crippen LogP contribution >= 0.6 is 0 Å². The molecular weight excluding hydrogens is 306 g/mol. The third kappa shape index (κ3) is 3.76. The molecule has 0 saturated carbocycles. The molecule has 6 nitrogen and oxygen atoms in total. The SMILES string of the molecule is COc1cccc(-n2cc(CN(C)C(=O)C3CCOCC3)cn2)c1. The minimum absolute atomic E-state index is 0.0807. The molecule has 0 bridgehead atoms. The smallest absolute Gasteiger partial charge is 0.225 e. The number of benzene rings is 1. The highest BCUT2D eigenvalue weighted by Crippen LogP contribution is 2.19. The second-order valence-corrected chi connectivity index (χ2v) is 6.08. The molecule has 0 atom stereocenters. The zero-order valence-electron chi connectivity index (χ0n) is 14.1. The van der Waals surface area contributed by atoms with Gasteiger partial charge in [-0.05, 0) is 25.0 Å². The number of carbonyl (C=O) groups excluding carboxylic acids is 1. The number of hydrogen-bond acceptors (Lipinski definition) is 4. The van der Waals surface area contributed by atoms with Crippen LogP contribution in [-0.4, -0.2) is 48.0 Å². The highest BCUT2D eigenvalue weighted by molar-refractivity contribution is 5.78. The Bertz CT molecular complexity index is 692. The van der Waals surface area contributed by atoms with E-state index in [1.54, 1.807) is 22.9 Å². The Morgan fingerprint density at radius 1 is 1.42 bits per heavy atom. The van der Waals surface area contributed by atoms with Gasteiger partial charge in [-0.25, -0.2) is 4.68 Å². The molecule has 24 heavy (non-hydrogen) atoms. The first-order valence-corrected chi connectivity index (χ1v) is 8.18. The molecule has 1 saturated heterocycles. The number of amides is 1. The van der Waals surface area contributed by atoms with E-state index in [4.69, 9.17) is 9.47 Å². The lowest BCUT2D eigenvalue weighted by atomic mass is 9.99. The number of rotatable bonds is 5. The first-order chi connectivity index (χ1) is 11.7. The predicted molar refractivity (Wildman–Crippen MR) is 90.1 cm³/mol. The fourth-order valence-electron chi connectivity index (χ4n) is 2.94. The van der Waals surface area contributed by atoms with E-state index < -0.39 is 0 Å². The van der Waals surface area contributed by atoms with Crippen molar-refractivity contribution in [3.63, 3.8) is 0 Å². The Hall–Kier alpha value is -2.34. The molecule has 1 fully saturated rings. The Morgan fingerprint density at radius 2 is 2.21 bits per heavy atom. The molecule has 2 aromatic rings. The zero-order chi connectivity index (χ0) is 16.9. The van der Waals surface area contributed by atoms with E-state index >= 15 is 0 Å². The maximum Gasteiger partial charge on any atom is 0.225 e. The van der Waals surface area contributed by atoms with Gasteiger partial charge in [0.25, 0.3) is 0 Å². The molecule has 1 aromatic heterocycles. The van der Waals surface area contributed by atoms with Gasteiger partial charge in [-0.2, -0.15) is 5.10 Å². The van der Waals surface area contributed by atoms with Gasteiger partial charge in [-0.15, -0.1) is 0 Å². The first-order valence-electron chi connectivity index (χ1n) is 8.18.